The van der Waals surface area contributed by atoms with Crippen molar-refractivity contribution in [2.75, 3.05) is 12.3 Å². The molecule has 76 valence electrons. The smallest absolute Gasteiger partial charge is 0.145 e. The first-order valence-electron chi connectivity index (χ1n) is 4.95. The molecule has 0 unspecified atom stereocenters. The molecule has 1 aliphatic rings. The van der Waals surface area contributed by atoms with Crippen molar-refractivity contribution in [2.45, 2.75) is 31.8 Å². The van der Waals surface area contributed by atoms with Crippen LogP contribution in [0.15, 0.2) is 12.4 Å². The number of ether oxygens (including phenoxy) is 1. The van der Waals surface area contributed by atoms with Crippen LogP contribution >= 0.6 is 0 Å². The highest BCUT2D eigenvalue weighted by Gasteiger charge is 2.23. The van der Waals surface area contributed by atoms with Crippen LogP contribution in [-0.4, -0.2) is 22.7 Å². The summed E-state index contributed by atoms with van der Waals surface area (Å²) in [5.74, 6) is 0.971. The summed E-state index contributed by atoms with van der Waals surface area (Å²) >= 11 is 0. The molecule has 4 heteroatoms. The molecule has 2 N–H and O–H groups in total. The molecule has 0 aromatic carbocycles. The van der Waals surface area contributed by atoms with Crippen LogP contribution in [-0.2, 0) is 4.74 Å². The number of aromatic nitrogens is 2. The van der Waals surface area contributed by atoms with Crippen LogP contribution in [0.3, 0.4) is 0 Å². The molecule has 0 saturated carbocycles. The Morgan fingerprint density at radius 3 is 2.93 bits per heavy atom. The fraction of sp³-hybridized carbons (Fsp3) is 0.600. The highest BCUT2D eigenvalue weighted by atomic mass is 16.5. The maximum atomic E-state index is 5.78. The highest BCUT2D eigenvalue weighted by molar-refractivity contribution is 5.35. The van der Waals surface area contributed by atoms with E-state index in [9.17, 15) is 0 Å². The third-order valence-corrected chi connectivity index (χ3v) is 2.63. The third-order valence-electron chi connectivity index (χ3n) is 2.63. The summed E-state index contributed by atoms with van der Waals surface area (Å²) in [7, 11) is 0. The van der Waals surface area contributed by atoms with E-state index in [1.165, 1.54) is 0 Å². The quantitative estimate of drug-likeness (QED) is 0.731. The van der Waals surface area contributed by atoms with Crippen molar-refractivity contribution >= 4 is 5.82 Å². The lowest BCUT2D eigenvalue weighted by atomic mass is 9.93. The number of hydrogen-bond donors (Lipinski definition) is 1. The van der Waals surface area contributed by atoms with Crippen LogP contribution < -0.4 is 5.73 Å². The van der Waals surface area contributed by atoms with Crippen molar-refractivity contribution < 1.29 is 4.74 Å². The van der Waals surface area contributed by atoms with Gasteiger partial charge in [-0.15, -0.1) is 0 Å². The number of nitrogens with two attached hydrogens (primary N) is 1. The molecule has 1 aliphatic heterocycles. The minimum atomic E-state index is 0.301. The van der Waals surface area contributed by atoms with Gasteiger partial charge in [0.2, 0.25) is 0 Å². The van der Waals surface area contributed by atoms with E-state index in [1.807, 2.05) is 0 Å². The summed E-state index contributed by atoms with van der Waals surface area (Å²) in [6.45, 7) is 2.88. The van der Waals surface area contributed by atoms with E-state index < -0.39 is 0 Å². The van der Waals surface area contributed by atoms with E-state index in [1.54, 1.807) is 12.4 Å². The predicted molar refractivity (Wildman–Crippen MR) is 53.8 cm³/mol. The van der Waals surface area contributed by atoms with Gasteiger partial charge in [0, 0.05) is 24.9 Å². The molecule has 0 spiro atoms. The van der Waals surface area contributed by atoms with Gasteiger partial charge in [0.25, 0.3) is 0 Å². The van der Waals surface area contributed by atoms with Gasteiger partial charge >= 0.3 is 0 Å². The van der Waals surface area contributed by atoms with Crippen LogP contribution in [0.1, 0.15) is 31.4 Å². The van der Waals surface area contributed by atoms with Gasteiger partial charge < -0.3 is 10.5 Å². The van der Waals surface area contributed by atoms with Crippen molar-refractivity contribution in [3.05, 3.63) is 18.1 Å². The zero-order chi connectivity index (χ0) is 9.97. The van der Waals surface area contributed by atoms with Gasteiger partial charge in [-0.1, -0.05) is 0 Å². The number of hydrogen-bond acceptors (Lipinski definition) is 4. The van der Waals surface area contributed by atoms with Crippen molar-refractivity contribution in [2.24, 2.45) is 0 Å². The van der Waals surface area contributed by atoms with Crippen LogP contribution in [0.4, 0.5) is 5.82 Å². The van der Waals surface area contributed by atoms with Crippen LogP contribution in [0.2, 0.25) is 0 Å². The second-order valence-electron chi connectivity index (χ2n) is 3.73. The largest absolute Gasteiger partial charge is 0.382 e. The number of anilines is 1. The molecule has 1 aromatic rings. The fourth-order valence-electron chi connectivity index (χ4n) is 1.92. The molecule has 0 bridgehead atoms. The van der Waals surface area contributed by atoms with Gasteiger partial charge in [-0.05, 0) is 19.8 Å². The van der Waals surface area contributed by atoms with Gasteiger partial charge in [-0.2, -0.15) is 0 Å². The Hall–Kier alpha value is -1.16. The molecule has 2 rings (SSSR count). The van der Waals surface area contributed by atoms with Gasteiger partial charge in [-0.25, -0.2) is 4.98 Å². The number of nitrogen functional groups attached to an aromatic ring is 1. The molecule has 1 aromatic heterocycles. The Balaban J connectivity index is 2.18. The van der Waals surface area contributed by atoms with E-state index in [4.69, 9.17) is 10.5 Å². The van der Waals surface area contributed by atoms with Crippen molar-refractivity contribution in [1.29, 1.82) is 0 Å². The molecule has 0 aliphatic carbocycles. The molecule has 1 saturated heterocycles. The highest BCUT2D eigenvalue weighted by Crippen LogP contribution is 2.30. The minimum Gasteiger partial charge on any atom is -0.382 e. The summed E-state index contributed by atoms with van der Waals surface area (Å²) in [5.41, 5.74) is 6.72. The average molecular weight is 193 g/mol. The van der Waals surface area contributed by atoms with Crippen LogP contribution in [0, 0.1) is 0 Å². The monoisotopic (exact) mass is 193 g/mol. The fourth-order valence-corrected chi connectivity index (χ4v) is 1.92. The van der Waals surface area contributed by atoms with Crippen molar-refractivity contribution in [3.8, 4) is 0 Å². The molecule has 14 heavy (non-hydrogen) atoms. The summed E-state index contributed by atoms with van der Waals surface area (Å²) in [4.78, 5) is 8.35. The second kappa shape index (κ2) is 3.92. The zero-order valence-corrected chi connectivity index (χ0v) is 8.31. The van der Waals surface area contributed by atoms with Gasteiger partial charge in [0.05, 0.1) is 11.8 Å². The maximum Gasteiger partial charge on any atom is 0.145 e. The Kier molecular flexibility index (Phi) is 2.63. The Bertz CT molecular complexity index is 316. The lowest BCUT2D eigenvalue weighted by molar-refractivity contribution is 0.0181. The van der Waals surface area contributed by atoms with E-state index in [0.717, 1.165) is 25.1 Å². The average Bonchev–Trinajstić information content (AvgIpc) is 2.18. The standard InChI is InChI=1S/C10H15N3O/c1-7-6-8(2-5-14-7)9-10(11)13-4-3-12-9/h3-4,7-8H,2,5-6H2,1H3,(H2,11,13)/t7-,8-/m1/s1. The zero-order valence-electron chi connectivity index (χ0n) is 8.31. The molecule has 0 radical (unpaired) electrons. The molecular formula is C10H15N3O. The lowest BCUT2D eigenvalue weighted by Crippen LogP contribution is -2.23. The molecular weight excluding hydrogens is 178 g/mol. The van der Waals surface area contributed by atoms with Gasteiger partial charge in [0.1, 0.15) is 5.82 Å². The molecule has 4 nitrogen and oxygen atoms in total. The van der Waals surface area contributed by atoms with Crippen molar-refractivity contribution in [1.82, 2.24) is 9.97 Å². The minimum absolute atomic E-state index is 0.301. The molecule has 0 amide bonds. The third kappa shape index (κ3) is 1.85. The maximum absolute atomic E-state index is 5.78. The van der Waals surface area contributed by atoms with Gasteiger partial charge in [0.15, 0.2) is 0 Å². The molecule has 2 atom stereocenters. The predicted octanol–water partition coefficient (Wildman–Crippen LogP) is 1.34. The molecule has 2 heterocycles. The Labute approximate surface area is 83.5 Å². The van der Waals surface area contributed by atoms with Crippen molar-refractivity contribution in [3.63, 3.8) is 0 Å². The van der Waals surface area contributed by atoms with E-state index >= 15 is 0 Å². The second-order valence-corrected chi connectivity index (χ2v) is 3.73. The first-order chi connectivity index (χ1) is 6.77. The summed E-state index contributed by atoms with van der Waals surface area (Å²) < 4.78 is 5.48. The topological polar surface area (TPSA) is 61.0 Å². The Morgan fingerprint density at radius 2 is 2.21 bits per heavy atom. The summed E-state index contributed by atoms with van der Waals surface area (Å²) in [6.07, 6.45) is 5.61. The SMILES string of the molecule is C[C@@H]1C[C@H](c2nccnc2N)CCO1. The van der Waals surface area contributed by atoms with E-state index in [-0.39, 0.29) is 0 Å². The van der Waals surface area contributed by atoms with Gasteiger partial charge in [-0.3, -0.25) is 4.98 Å². The number of nitrogens with zero attached hydrogens (tertiary/aromatic N) is 2. The van der Waals surface area contributed by atoms with E-state index in [2.05, 4.69) is 16.9 Å². The van der Waals surface area contributed by atoms with Crippen LogP contribution in [0.5, 0.6) is 0 Å². The first kappa shape index (κ1) is 9.40. The summed E-state index contributed by atoms with van der Waals surface area (Å²) in [5, 5.41) is 0. The Morgan fingerprint density at radius 1 is 1.43 bits per heavy atom. The first-order valence-corrected chi connectivity index (χ1v) is 4.95. The summed E-state index contributed by atoms with van der Waals surface area (Å²) in [6, 6.07) is 0. The number of rotatable bonds is 1. The molecule has 1 fully saturated rings. The van der Waals surface area contributed by atoms with E-state index in [0.29, 0.717) is 17.8 Å². The van der Waals surface area contributed by atoms with Crippen LogP contribution in [0.25, 0.3) is 0 Å². The normalized spacial score (nSPS) is 27.5. The lowest BCUT2D eigenvalue weighted by Gasteiger charge is -2.27.